The Kier molecular flexibility index (Phi) is 1.73. The minimum absolute atomic E-state index is 0.201. The average Bonchev–Trinajstić information content (AvgIpc) is 2.58. The zero-order chi connectivity index (χ0) is 11.8. The van der Waals surface area contributed by atoms with E-state index in [1.54, 1.807) is 0 Å². The highest BCUT2D eigenvalue weighted by Gasteiger charge is 2.64. The largest absolute Gasteiger partial charge is 0.299 e. The van der Waals surface area contributed by atoms with Gasteiger partial charge in [-0.25, -0.2) is 0 Å². The van der Waals surface area contributed by atoms with Crippen LogP contribution in [0.3, 0.4) is 0 Å². The van der Waals surface area contributed by atoms with E-state index in [0.29, 0.717) is 22.5 Å². The molecule has 0 amide bonds. The highest BCUT2D eigenvalue weighted by Crippen LogP contribution is 2.71. The smallest absolute Gasteiger partial charge is 0.142 e. The molecule has 2 saturated carbocycles. The lowest BCUT2D eigenvalue weighted by Crippen LogP contribution is -2.47. The van der Waals surface area contributed by atoms with Gasteiger partial charge in [-0.2, -0.15) is 0 Å². The van der Waals surface area contributed by atoms with Crippen molar-refractivity contribution < 1.29 is 4.79 Å². The Bertz CT molecular complexity index is 404. The summed E-state index contributed by atoms with van der Waals surface area (Å²) in [4.78, 5) is 12.3. The van der Waals surface area contributed by atoms with Crippen LogP contribution in [0.15, 0.2) is 11.6 Å². The Labute approximate surface area is 98.3 Å². The molecule has 2 fully saturated rings. The molecular weight excluding hydrogens is 196 g/mol. The quantitative estimate of drug-likeness (QED) is 0.566. The number of Topliss-reactive ketones (excluding diaryl/α,β-unsaturated/α-hetero) is 1. The van der Waals surface area contributed by atoms with Gasteiger partial charge >= 0.3 is 0 Å². The molecule has 3 aliphatic rings. The summed E-state index contributed by atoms with van der Waals surface area (Å²) in [6, 6.07) is 0. The van der Waals surface area contributed by atoms with Crippen LogP contribution in [0.2, 0.25) is 0 Å². The number of allylic oxidation sites excluding steroid dienone is 2. The van der Waals surface area contributed by atoms with Gasteiger partial charge in [0, 0.05) is 11.8 Å². The van der Waals surface area contributed by atoms with Gasteiger partial charge in [-0.05, 0) is 49.9 Å². The fourth-order valence-electron chi connectivity index (χ4n) is 4.77. The fourth-order valence-corrected chi connectivity index (χ4v) is 4.77. The van der Waals surface area contributed by atoms with Gasteiger partial charge < -0.3 is 0 Å². The molecule has 0 aliphatic heterocycles. The van der Waals surface area contributed by atoms with Gasteiger partial charge in [0.1, 0.15) is 5.78 Å². The van der Waals surface area contributed by atoms with Gasteiger partial charge in [0.25, 0.3) is 0 Å². The summed E-state index contributed by atoms with van der Waals surface area (Å²) < 4.78 is 0. The van der Waals surface area contributed by atoms with Crippen molar-refractivity contribution in [3.05, 3.63) is 11.6 Å². The van der Waals surface area contributed by atoms with Crippen LogP contribution in [0.5, 0.6) is 0 Å². The minimum atomic E-state index is -0.201. The van der Waals surface area contributed by atoms with E-state index in [0.717, 1.165) is 6.42 Å². The first-order chi connectivity index (χ1) is 7.32. The predicted molar refractivity (Wildman–Crippen MR) is 65.0 cm³/mol. The second kappa shape index (κ2) is 2.63. The van der Waals surface area contributed by atoms with Crippen molar-refractivity contribution in [3.63, 3.8) is 0 Å². The average molecular weight is 218 g/mol. The summed E-state index contributed by atoms with van der Waals surface area (Å²) >= 11 is 0. The normalized spacial score (nSPS) is 49.1. The van der Waals surface area contributed by atoms with E-state index < -0.39 is 0 Å². The van der Waals surface area contributed by atoms with E-state index in [1.165, 1.54) is 24.8 Å². The maximum absolute atomic E-state index is 12.3. The van der Waals surface area contributed by atoms with Crippen LogP contribution < -0.4 is 0 Å². The number of rotatable bonds is 0. The summed E-state index contributed by atoms with van der Waals surface area (Å²) in [6.45, 7) is 9.12. The molecule has 0 unspecified atom stereocenters. The van der Waals surface area contributed by atoms with Gasteiger partial charge in [0.15, 0.2) is 0 Å². The molecule has 3 aliphatic carbocycles. The predicted octanol–water partition coefficient (Wildman–Crippen LogP) is 3.74. The van der Waals surface area contributed by atoms with Crippen molar-refractivity contribution in [1.29, 1.82) is 0 Å². The molecule has 0 aromatic rings. The lowest BCUT2D eigenvalue weighted by molar-refractivity contribution is -0.131. The first-order valence-corrected chi connectivity index (χ1v) is 6.57. The highest BCUT2D eigenvalue weighted by molar-refractivity contribution is 5.89. The molecule has 3 atom stereocenters. The zero-order valence-electron chi connectivity index (χ0n) is 10.9. The maximum atomic E-state index is 12.3. The lowest BCUT2D eigenvalue weighted by atomic mass is 9.53. The molecule has 88 valence electrons. The molecule has 1 nitrogen and oxygen atoms in total. The summed E-state index contributed by atoms with van der Waals surface area (Å²) in [6.07, 6.45) is 6.95. The number of hydrogen-bond donors (Lipinski definition) is 0. The molecular formula is C15H22O. The van der Waals surface area contributed by atoms with Gasteiger partial charge in [-0.1, -0.05) is 25.5 Å². The van der Waals surface area contributed by atoms with E-state index in [1.807, 2.05) is 0 Å². The molecule has 0 N–H and O–H groups in total. The van der Waals surface area contributed by atoms with Gasteiger partial charge in [-0.3, -0.25) is 4.79 Å². The summed E-state index contributed by atoms with van der Waals surface area (Å²) in [7, 11) is 0. The van der Waals surface area contributed by atoms with E-state index in [-0.39, 0.29) is 5.41 Å². The third-order valence-electron chi connectivity index (χ3n) is 6.23. The number of ketones is 1. The van der Waals surface area contributed by atoms with Crippen LogP contribution in [0.25, 0.3) is 0 Å². The minimum Gasteiger partial charge on any atom is -0.299 e. The topological polar surface area (TPSA) is 17.1 Å². The van der Waals surface area contributed by atoms with E-state index in [4.69, 9.17) is 0 Å². The first-order valence-electron chi connectivity index (χ1n) is 6.57. The Hall–Kier alpha value is -0.590. The van der Waals surface area contributed by atoms with Crippen LogP contribution in [0.1, 0.15) is 53.4 Å². The van der Waals surface area contributed by atoms with E-state index in [2.05, 4.69) is 33.8 Å². The second-order valence-corrected chi connectivity index (χ2v) is 7.07. The van der Waals surface area contributed by atoms with Crippen molar-refractivity contribution in [2.75, 3.05) is 0 Å². The molecule has 0 aromatic heterocycles. The Balaban J connectivity index is 2.18. The number of carbonyl (C=O) groups is 1. The molecule has 0 bridgehead atoms. The Morgan fingerprint density at radius 1 is 1.25 bits per heavy atom. The molecule has 0 saturated heterocycles. The number of carbonyl (C=O) groups excluding carboxylic acids is 1. The van der Waals surface area contributed by atoms with Crippen LogP contribution in [0.4, 0.5) is 0 Å². The van der Waals surface area contributed by atoms with Crippen LogP contribution in [-0.2, 0) is 4.79 Å². The summed E-state index contributed by atoms with van der Waals surface area (Å²) in [5, 5.41) is 0. The molecule has 1 heteroatoms. The molecule has 3 rings (SSSR count). The van der Waals surface area contributed by atoms with Crippen molar-refractivity contribution in [1.82, 2.24) is 0 Å². The molecule has 0 radical (unpaired) electrons. The maximum Gasteiger partial charge on any atom is 0.142 e. The SMILES string of the molecule is CC1(C)C(=O)C[C@H]2CC[C@@]3(C)CC=C1[C@@]23C. The van der Waals surface area contributed by atoms with Crippen molar-refractivity contribution in [2.45, 2.75) is 53.4 Å². The lowest BCUT2D eigenvalue weighted by Gasteiger charge is -2.50. The van der Waals surface area contributed by atoms with Gasteiger partial charge in [-0.15, -0.1) is 0 Å². The number of hydrogen-bond acceptors (Lipinski definition) is 1. The van der Waals surface area contributed by atoms with Crippen molar-refractivity contribution >= 4 is 5.78 Å². The Morgan fingerprint density at radius 3 is 2.62 bits per heavy atom. The third kappa shape index (κ3) is 0.881. The monoisotopic (exact) mass is 218 g/mol. The van der Waals surface area contributed by atoms with Crippen LogP contribution >= 0.6 is 0 Å². The zero-order valence-corrected chi connectivity index (χ0v) is 10.9. The van der Waals surface area contributed by atoms with E-state index >= 15 is 0 Å². The first kappa shape index (κ1) is 10.6. The molecule has 0 heterocycles. The molecule has 0 aromatic carbocycles. The van der Waals surface area contributed by atoms with Crippen molar-refractivity contribution in [2.24, 2.45) is 22.2 Å². The molecule has 16 heavy (non-hydrogen) atoms. The van der Waals surface area contributed by atoms with Crippen LogP contribution in [0, 0.1) is 22.2 Å². The summed E-state index contributed by atoms with van der Waals surface area (Å²) in [5.41, 5.74) is 2.00. The van der Waals surface area contributed by atoms with Crippen LogP contribution in [-0.4, -0.2) is 5.78 Å². The van der Waals surface area contributed by atoms with Gasteiger partial charge in [0.05, 0.1) is 0 Å². The fraction of sp³-hybridized carbons (Fsp3) is 0.800. The van der Waals surface area contributed by atoms with E-state index in [9.17, 15) is 4.79 Å². The highest BCUT2D eigenvalue weighted by atomic mass is 16.1. The standard InChI is InChI=1S/C15H22O/c1-13(2)11-6-8-14(3)7-5-10(9-12(13)16)15(11,14)4/h6,10H,5,7-9H2,1-4H3/t10-,14+,15-/m1/s1. The summed E-state index contributed by atoms with van der Waals surface area (Å²) in [5.74, 6) is 1.08. The third-order valence-corrected chi connectivity index (χ3v) is 6.23. The molecule has 0 spiro atoms. The second-order valence-electron chi connectivity index (χ2n) is 7.07. The van der Waals surface area contributed by atoms with Crippen molar-refractivity contribution in [3.8, 4) is 0 Å². The Morgan fingerprint density at radius 2 is 1.94 bits per heavy atom. The van der Waals surface area contributed by atoms with Gasteiger partial charge in [0.2, 0.25) is 0 Å².